The lowest BCUT2D eigenvalue weighted by Crippen LogP contribution is -2.52. The standard InChI is InChI=1S/C25H32N4O2/c1-27(25(20-8-4-2-5-9-20)21-10-6-3-7-11-21)24(31)19-29-16-14-28(15-17-29)18-23(30)26-22-12-13-22/h2-11,22,25H,12-19H2,1H3,(H,26,30). The van der Waals surface area contributed by atoms with Gasteiger partial charge in [0, 0.05) is 39.3 Å². The number of hydrogen-bond acceptors (Lipinski definition) is 4. The summed E-state index contributed by atoms with van der Waals surface area (Å²) in [5, 5.41) is 3.05. The van der Waals surface area contributed by atoms with Crippen LogP contribution in [0.5, 0.6) is 0 Å². The van der Waals surface area contributed by atoms with Gasteiger partial charge >= 0.3 is 0 Å². The predicted octanol–water partition coefficient (Wildman–Crippen LogP) is 2.13. The Kier molecular flexibility index (Phi) is 6.99. The molecule has 1 saturated carbocycles. The Morgan fingerprint density at radius 3 is 1.84 bits per heavy atom. The third-order valence-corrected chi connectivity index (χ3v) is 6.14. The van der Waals surface area contributed by atoms with Gasteiger partial charge in [-0.05, 0) is 24.0 Å². The van der Waals surface area contributed by atoms with Crippen LogP contribution < -0.4 is 5.32 Å². The molecule has 31 heavy (non-hydrogen) atoms. The van der Waals surface area contributed by atoms with Crippen molar-refractivity contribution in [3.05, 3.63) is 71.8 Å². The van der Waals surface area contributed by atoms with Crippen molar-refractivity contribution < 1.29 is 9.59 Å². The van der Waals surface area contributed by atoms with Gasteiger partial charge in [0.1, 0.15) is 0 Å². The van der Waals surface area contributed by atoms with E-state index < -0.39 is 0 Å². The molecular weight excluding hydrogens is 388 g/mol. The van der Waals surface area contributed by atoms with E-state index in [0.717, 1.165) is 50.1 Å². The van der Waals surface area contributed by atoms with E-state index in [0.29, 0.717) is 19.1 Å². The van der Waals surface area contributed by atoms with Gasteiger partial charge in [0.15, 0.2) is 0 Å². The lowest BCUT2D eigenvalue weighted by atomic mass is 9.97. The molecule has 164 valence electrons. The maximum atomic E-state index is 13.2. The van der Waals surface area contributed by atoms with Crippen molar-refractivity contribution in [2.45, 2.75) is 24.9 Å². The number of piperazine rings is 1. The third-order valence-electron chi connectivity index (χ3n) is 6.14. The number of hydrogen-bond donors (Lipinski definition) is 1. The molecule has 2 amide bonds. The molecule has 2 aromatic carbocycles. The quantitative estimate of drug-likeness (QED) is 0.711. The molecule has 4 rings (SSSR count). The van der Waals surface area contributed by atoms with Gasteiger partial charge in [0.25, 0.3) is 0 Å². The van der Waals surface area contributed by atoms with E-state index in [9.17, 15) is 9.59 Å². The summed E-state index contributed by atoms with van der Waals surface area (Å²) >= 11 is 0. The predicted molar refractivity (Wildman–Crippen MR) is 122 cm³/mol. The molecule has 1 saturated heterocycles. The molecule has 2 aromatic rings. The van der Waals surface area contributed by atoms with Crippen molar-refractivity contribution in [2.75, 3.05) is 46.3 Å². The van der Waals surface area contributed by atoms with Crippen LogP contribution in [0.4, 0.5) is 0 Å². The first kappa shape index (κ1) is 21.5. The number of carbonyl (C=O) groups is 2. The van der Waals surface area contributed by atoms with Crippen LogP contribution in [0.25, 0.3) is 0 Å². The zero-order chi connectivity index (χ0) is 21.6. The van der Waals surface area contributed by atoms with E-state index in [-0.39, 0.29) is 17.9 Å². The Balaban J connectivity index is 1.33. The smallest absolute Gasteiger partial charge is 0.237 e. The number of carbonyl (C=O) groups excluding carboxylic acids is 2. The monoisotopic (exact) mass is 420 g/mol. The number of amides is 2. The fraction of sp³-hybridized carbons (Fsp3) is 0.440. The Bertz CT molecular complexity index is 822. The highest BCUT2D eigenvalue weighted by Crippen LogP contribution is 2.27. The van der Waals surface area contributed by atoms with Crippen molar-refractivity contribution in [3.63, 3.8) is 0 Å². The Labute approximate surface area is 184 Å². The molecule has 1 heterocycles. The number of nitrogens with zero attached hydrogens (tertiary/aromatic N) is 3. The molecule has 2 aliphatic rings. The van der Waals surface area contributed by atoms with Crippen molar-refractivity contribution in [3.8, 4) is 0 Å². The van der Waals surface area contributed by atoms with Crippen LogP contribution in [0, 0.1) is 0 Å². The van der Waals surface area contributed by atoms with Crippen LogP contribution in [0.2, 0.25) is 0 Å². The highest BCUT2D eigenvalue weighted by Gasteiger charge is 2.28. The molecular formula is C25H32N4O2. The normalized spacial score (nSPS) is 17.5. The second-order valence-electron chi connectivity index (χ2n) is 8.62. The Hall–Kier alpha value is -2.70. The van der Waals surface area contributed by atoms with Gasteiger partial charge in [0.2, 0.25) is 11.8 Å². The summed E-state index contributed by atoms with van der Waals surface area (Å²) in [6, 6.07) is 20.7. The molecule has 1 aliphatic heterocycles. The van der Waals surface area contributed by atoms with E-state index in [1.165, 1.54) is 0 Å². The van der Waals surface area contributed by atoms with Gasteiger partial charge in [-0.3, -0.25) is 19.4 Å². The van der Waals surface area contributed by atoms with Gasteiger partial charge in [-0.2, -0.15) is 0 Å². The minimum Gasteiger partial charge on any atom is -0.352 e. The molecule has 0 aromatic heterocycles. The van der Waals surface area contributed by atoms with Gasteiger partial charge in [-0.1, -0.05) is 60.7 Å². The van der Waals surface area contributed by atoms with Gasteiger partial charge in [-0.25, -0.2) is 0 Å². The first-order valence-corrected chi connectivity index (χ1v) is 11.2. The molecule has 1 N–H and O–H groups in total. The lowest BCUT2D eigenvalue weighted by molar-refractivity contribution is -0.133. The molecule has 0 radical (unpaired) electrons. The van der Waals surface area contributed by atoms with E-state index in [4.69, 9.17) is 0 Å². The number of rotatable bonds is 8. The average Bonchev–Trinajstić information content (AvgIpc) is 3.60. The fourth-order valence-electron chi connectivity index (χ4n) is 4.17. The summed E-state index contributed by atoms with van der Waals surface area (Å²) in [6.07, 6.45) is 2.23. The van der Waals surface area contributed by atoms with Crippen molar-refractivity contribution in [1.82, 2.24) is 20.0 Å². The minimum absolute atomic E-state index is 0.109. The van der Waals surface area contributed by atoms with Crippen LogP contribution in [-0.2, 0) is 9.59 Å². The molecule has 0 bridgehead atoms. The summed E-state index contributed by atoms with van der Waals surface area (Å²) in [5.74, 6) is 0.234. The molecule has 6 nitrogen and oxygen atoms in total. The summed E-state index contributed by atoms with van der Waals surface area (Å²) in [7, 11) is 1.89. The van der Waals surface area contributed by atoms with Crippen LogP contribution in [0.1, 0.15) is 30.0 Å². The first-order valence-electron chi connectivity index (χ1n) is 11.2. The molecule has 0 unspecified atom stereocenters. The van der Waals surface area contributed by atoms with Crippen LogP contribution >= 0.6 is 0 Å². The number of likely N-dealkylation sites (N-methyl/N-ethyl adjacent to an activating group) is 1. The molecule has 0 spiro atoms. The van der Waals surface area contributed by atoms with Crippen molar-refractivity contribution >= 4 is 11.8 Å². The van der Waals surface area contributed by atoms with Crippen LogP contribution in [-0.4, -0.2) is 78.9 Å². The van der Waals surface area contributed by atoms with Gasteiger partial charge in [-0.15, -0.1) is 0 Å². The first-order chi connectivity index (χ1) is 15.1. The topological polar surface area (TPSA) is 55.9 Å². The van der Waals surface area contributed by atoms with E-state index in [2.05, 4.69) is 39.4 Å². The highest BCUT2D eigenvalue weighted by atomic mass is 16.2. The Morgan fingerprint density at radius 1 is 0.871 bits per heavy atom. The van der Waals surface area contributed by atoms with E-state index in [1.807, 2.05) is 48.3 Å². The summed E-state index contributed by atoms with van der Waals surface area (Å²) in [4.78, 5) is 31.5. The second-order valence-corrected chi connectivity index (χ2v) is 8.62. The van der Waals surface area contributed by atoms with Crippen molar-refractivity contribution in [2.24, 2.45) is 0 Å². The zero-order valence-corrected chi connectivity index (χ0v) is 18.2. The highest BCUT2D eigenvalue weighted by molar-refractivity contribution is 5.79. The second kappa shape index (κ2) is 10.1. The molecule has 2 fully saturated rings. The van der Waals surface area contributed by atoms with Crippen LogP contribution in [0.3, 0.4) is 0 Å². The summed E-state index contributed by atoms with van der Waals surface area (Å²) in [5.41, 5.74) is 2.21. The SMILES string of the molecule is CN(C(=O)CN1CCN(CC(=O)NC2CC2)CC1)C(c1ccccc1)c1ccccc1. The number of nitrogens with one attached hydrogen (secondary N) is 1. The summed E-state index contributed by atoms with van der Waals surface area (Å²) < 4.78 is 0. The maximum absolute atomic E-state index is 13.2. The molecule has 6 heteroatoms. The average molecular weight is 421 g/mol. The lowest BCUT2D eigenvalue weighted by Gasteiger charge is -2.36. The molecule has 1 aliphatic carbocycles. The molecule has 0 atom stereocenters. The third kappa shape index (κ3) is 5.93. The Morgan fingerprint density at radius 2 is 1.35 bits per heavy atom. The van der Waals surface area contributed by atoms with Crippen LogP contribution in [0.15, 0.2) is 60.7 Å². The fourth-order valence-corrected chi connectivity index (χ4v) is 4.17. The number of benzene rings is 2. The maximum Gasteiger partial charge on any atom is 0.237 e. The largest absolute Gasteiger partial charge is 0.352 e. The van der Waals surface area contributed by atoms with E-state index in [1.54, 1.807) is 0 Å². The minimum atomic E-state index is -0.109. The van der Waals surface area contributed by atoms with Crippen molar-refractivity contribution in [1.29, 1.82) is 0 Å². The zero-order valence-electron chi connectivity index (χ0n) is 18.2. The van der Waals surface area contributed by atoms with E-state index >= 15 is 0 Å². The van der Waals surface area contributed by atoms with Gasteiger partial charge < -0.3 is 10.2 Å². The summed E-state index contributed by atoms with van der Waals surface area (Å²) in [6.45, 7) is 4.10. The van der Waals surface area contributed by atoms with Gasteiger partial charge in [0.05, 0.1) is 19.1 Å².